The quantitative estimate of drug-likeness (QED) is 0.858. The van der Waals surface area contributed by atoms with Gasteiger partial charge in [0.15, 0.2) is 0 Å². The zero-order chi connectivity index (χ0) is 15.9. The van der Waals surface area contributed by atoms with Crippen molar-refractivity contribution in [2.75, 3.05) is 26.2 Å². The van der Waals surface area contributed by atoms with Gasteiger partial charge in [0.2, 0.25) is 0 Å². The highest BCUT2D eigenvalue weighted by Gasteiger charge is 2.42. The first-order valence-electron chi connectivity index (χ1n) is 8.47. The Hall–Kier alpha value is -1.55. The Balaban J connectivity index is 0.000000847. The number of ether oxygens (including phenoxy) is 1. The second-order valence-electron chi connectivity index (χ2n) is 5.68. The fourth-order valence-electron chi connectivity index (χ4n) is 3.43. The van der Waals surface area contributed by atoms with Crippen molar-refractivity contribution in [2.24, 2.45) is 5.92 Å². The van der Waals surface area contributed by atoms with Crippen LogP contribution in [0.25, 0.3) is 0 Å². The van der Waals surface area contributed by atoms with E-state index >= 15 is 0 Å². The molecule has 4 nitrogen and oxygen atoms in total. The molecule has 2 aliphatic rings. The molecule has 1 amide bonds. The second-order valence-corrected chi connectivity index (χ2v) is 5.68. The molecule has 1 aromatic carbocycles. The topological polar surface area (TPSA) is 32.8 Å². The molecule has 1 aromatic rings. The smallest absolute Gasteiger partial charge is 0.409 e. The summed E-state index contributed by atoms with van der Waals surface area (Å²) < 4.78 is 5.11. The zero-order valence-electron chi connectivity index (χ0n) is 14.0. The number of benzene rings is 1. The highest BCUT2D eigenvalue weighted by molar-refractivity contribution is 5.68. The number of nitrogens with zero attached hydrogens (tertiary/aromatic N) is 2. The zero-order valence-corrected chi connectivity index (χ0v) is 14.0. The maximum absolute atomic E-state index is 11.8. The molecule has 122 valence electrons. The van der Waals surface area contributed by atoms with Crippen LogP contribution in [0.4, 0.5) is 4.79 Å². The van der Waals surface area contributed by atoms with E-state index in [1.807, 2.05) is 31.7 Å². The summed E-state index contributed by atoms with van der Waals surface area (Å²) in [6.07, 6.45) is 1.04. The Labute approximate surface area is 134 Å². The molecule has 22 heavy (non-hydrogen) atoms. The standard InChI is InChI=1S/C16H22N2O2.C2H6/c1-2-20-16(19)18-11-14-8-9-17(15(14)12-18)10-13-6-4-3-5-7-13;1-2/h3-7,14-15H,2,8-12H2,1H3;1-2H3. The summed E-state index contributed by atoms with van der Waals surface area (Å²) in [5, 5.41) is 0. The molecule has 3 rings (SSSR count). The lowest BCUT2D eigenvalue weighted by atomic mass is 10.0. The normalized spacial score (nSPS) is 23.7. The molecule has 0 aliphatic carbocycles. The Bertz CT molecular complexity index is 463. The van der Waals surface area contributed by atoms with E-state index in [4.69, 9.17) is 4.74 Å². The van der Waals surface area contributed by atoms with Gasteiger partial charge < -0.3 is 9.64 Å². The van der Waals surface area contributed by atoms with Gasteiger partial charge in [0.05, 0.1) is 6.61 Å². The van der Waals surface area contributed by atoms with Crippen LogP contribution in [0.15, 0.2) is 30.3 Å². The Kier molecular flexibility index (Phi) is 6.25. The van der Waals surface area contributed by atoms with Gasteiger partial charge in [-0.2, -0.15) is 0 Å². The molecule has 0 radical (unpaired) electrons. The van der Waals surface area contributed by atoms with Gasteiger partial charge in [-0.15, -0.1) is 0 Å². The number of rotatable bonds is 3. The van der Waals surface area contributed by atoms with Crippen molar-refractivity contribution in [3.63, 3.8) is 0 Å². The van der Waals surface area contributed by atoms with E-state index in [0.717, 1.165) is 26.2 Å². The van der Waals surface area contributed by atoms with Crippen LogP contribution in [0.1, 0.15) is 32.8 Å². The van der Waals surface area contributed by atoms with Crippen molar-refractivity contribution < 1.29 is 9.53 Å². The van der Waals surface area contributed by atoms with Gasteiger partial charge in [-0.1, -0.05) is 44.2 Å². The van der Waals surface area contributed by atoms with E-state index in [9.17, 15) is 4.79 Å². The van der Waals surface area contributed by atoms with Crippen LogP contribution in [-0.4, -0.2) is 48.2 Å². The van der Waals surface area contributed by atoms with Crippen molar-refractivity contribution in [1.29, 1.82) is 0 Å². The van der Waals surface area contributed by atoms with Crippen LogP contribution in [0.2, 0.25) is 0 Å². The fourth-order valence-corrected chi connectivity index (χ4v) is 3.43. The number of likely N-dealkylation sites (tertiary alicyclic amines) is 2. The molecule has 2 unspecified atom stereocenters. The average Bonchev–Trinajstić information content (AvgIpc) is 3.13. The van der Waals surface area contributed by atoms with E-state index in [0.29, 0.717) is 18.6 Å². The summed E-state index contributed by atoms with van der Waals surface area (Å²) in [4.78, 5) is 16.2. The molecule has 2 saturated heterocycles. The third-order valence-electron chi connectivity index (χ3n) is 4.42. The molecule has 0 aromatic heterocycles. The van der Waals surface area contributed by atoms with Gasteiger partial charge in [0, 0.05) is 25.7 Å². The maximum Gasteiger partial charge on any atom is 0.409 e. The Morgan fingerprint density at radius 3 is 2.64 bits per heavy atom. The molecule has 2 atom stereocenters. The van der Waals surface area contributed by atoms with Gasteiger partial charge in [-0.3, -0.25) is 4.90 Å². The van der Waals surface area contributed by atoms with E-state index in [1.165, 1.54) is 12.0 Å². The number of fused-ring (bicyclic) bond motifs is 1. The number of carbonyl (C=O) groups is 1. The summed E-state index contributed by atoms with van der Waals surface area (Å²) in [7, 11) is 0. The SMILES string of the molecule is CC.CCOC(=O)N1CC2CCN(Cc3ccccc3)C2C1. The van der Waals surface area contributed by atoms with Crippen molar-refractivity contribution in [3.05, 3.63) is 35.9 Å². The largest absolute Gasteiger partial charge is 0.450 e. The Morgan fingerprint density at radius 2 is 1.95 bits per heavy atom. The predicted molar refractivity (Wildman–Crippen MR) is 88.7 cm³/mol. The molecule has 0 N–H and O–H groups in total. The monoisotopic (exact) mass is 304 g/mol. The first kappa shape index (κ1) is 16.8. The van der Waals surface area contributed by atoms with E-state index in [2.05, 4.69) is 29.2 Å². The second kappa shape index (κ2) is 8.18. The van der Waals surface area contributed by atoms with Crippen LogP contribution in [0.5, 0.6) is 0 Å². The molecular weight excluding hydrogens is 276 g/mol. The summed E-state index contributed by atoms with van der Waals surface area (Å²) in [5.41, 5.74) is 1.35. The van der Waals surface area contributed by atoms with E-state index in [-0.39, 0.29) is 6.09 Å². The third-order valence-corrected chi connectivity index (χ3v) is 4.42. The van der Waals surface area contributed by atoms with E-state index in [1.54, 1.807) is 0 Å². The van der Waals surface area contributed by atoms with Gasteiger partial charge in [0.25, 0.3) is 0 Å². The molecule has 0 bridgehead atoms. The predicted octanol–water partition coefficient (Wildman–Crippen LogP) is 3.38. The van der Waals surface area contributed by atoms with E-state index < -0.39 is 0 Å². The minimum Gasteiger partial charge on any atom is -0.450 e. The molecule has 2 fully saturated rings. The lowest BCUT2D eigenvalue weighted by Gasteiger charge is -2.24. The van der Waals surface area contributed by atoms with Crippen LogP contribution in [0.3, 0.4) is 0 Å². The number of hydrogen-bond donors (Lipinski definition) is 0. The summed E-state index contributed by atoms with van der Waals surface area (Å²) in [6, 6.07) is 11.1. The highest BCUT2D eigenvalue weighted by Crippen LogP contribution is 2.32. The lowest BCUT2D eigenvalue weighted by Crippen LogP contribution is -2.37. The summed E-state index contributed by atoms with van der Waals surface area (Å²) in [6.45, 7) is 10.1. The first-order chi connectivity index (χ1) is 10.8. The average molecular weight is 304 g/mol. The van der Waals surface area contributed by atoms with Crippen LogP contribution >= 0.6 is 0 Å². The van der Waals surface area contributed by atoms with Gasteiger partial charge in [-0.05, 0) is 31.4 Å². The Morgan fingerprint density at radius 1 is 1.23 bits per heavy atom. The molecule has 4 heteroatoms. The number of amides is 1. The third kappa shape index (κ3) is 3.80. The molecule has 2 aliphatic heterocycles. The minimum absolute atomic E-state index is 0.151. The highest BCUT2D eigenvalue weighted by atomic mass is 16.6. The molecule has 0 spiro atoms. The van der Waals surface area contributed by atoms with Gasteiger partial charge in [0.1, 0.15) is 0 Å². The van der Waals surface area contributed by atoms with Crippen molar-refractivity contribution >= 4 is 6.09 Å². The van der Waals surface area contributed by atoms with Crippen molar-refractivity contribution in [1.82, 2.24) is 9.80 Å². The number of hydrogen-bond acceptors (Lipinski definition) is 3. The molecular formula is C18H28N2O2. The fraction of sp³-hybridized carbons (Fsp3) is 0.611. The first-order valence-corrected chi connectivity index (χ1v) is 8.47. The van der Waals surface area contributed by atoms with Crippen LogP contribution in [-0.2, 0) is 11.3 Å². The van der Waals surface area contributed by atoms with Crippen molar-refractivity contribution in [3.8, 4) is 0 Å². The van der Waals surface area contributed by atoms with Crippen LogP contribution < -0.4 is 0 Å². The molecule has 0 saturated carbocycles. The lowest BCUT2D eigenvalue weighted by molar-refractivity contribution is 0.110. The van der Waals surface area contributed by atoms with Gasteiger partial charge in [-0.25, -0.2) is 4.79 Å². The summed E-state index contributed by atoms with van der Waals surface area (Å²) in [5.74, 6) is 0.614. The summed E-state index contributed by atoms with van der Waals surface area (Å²) >= 11 is 0. The van der Waals surface area contributed by atoms with Gasteiger partial charge >= 0.3 is 6.09 Å². The molecule has 2 heterocycles. The minimum atomic E-state index is -0.151. The van der Waals surface area contributed by atoms with Crippen molar-refractivity contribution in [2.45, 2.75) is 39.8 Å². The number of carbonyl (C=O) groups excluding carboxylic acids is 1. The van der Waals surface area contributed by atoms with Crippen LogP contribution in [0, 0.1) is 5.92 Å². The maximum atomic E-state index is 11.8.